The molecule has 0 aromatic rings. The highest BCUT2D eigenvalue weighted by atomic mass is 15.3. The van der Waals surface area contributed by atoms with Gasteiger partial charge < -0.3 is 5.32 Å². The van der Waals surface area contributed by atoms with Crippen molar-refractivity contribution in [3.8, 4) is 0 Å². The second kappa shape index (κ2) is 2.86. The molecular formula is C10H18N2. The first-order chi connectivity index (χ1) is 5.82. The topological polar surface area (TPSA) is 15.3 Å². The Morgan fingerprint density at radius 2 is 2.42 bits per heavy atom. The maximum Gasteiger partial charge on any atom is 0.0406 e. The number of nitrogens with zero attached hydrogens (tertiary/aromatic N) is 1. The van der Waals surface area contributed by atoms with Crippen molar-refractivity contribution >= 4 is 0 Å². The van der Waals surface area contributed by atoms with Gasteiger partial charge in [0.25, 0.3) is 0 Å². The monoisotopic (exact) mass is 166 g/mol. The second-order valence-electron chi connectivity index (χ2n) is 3.94. The van der Waals surface area contributed by atoms with Gasteiger partial charge in [-0.15, -0.1) is 6.58 Å². The van der Waals surface area contributed by atoms with E-state index >= 15 is 0 Å². The minimum Gasteiger partial charge on any atom is -0.313 e. The molecule has 0 amide bonds. The first kappa shape index (κ1) is 8.27. The molecule has 2 heteroatoms. The fourth-order valence-corrected chi connectivity index (χ4v) is 2.41. The lowest BCUT2D eigenvalue weighted by molar-refractivity contribution is 0.112. The summed E-state index contributed by atoms with van der Waals surface area (Å²) >= 11 is 0. The molecule has 0 radical (unpaired) electrons. The first-order valence-corrected chi connectivity index (χ1v) is 4.92. The summed E-state index contributed by atoms with van der Waals surface area (Å²) in [6, 6.07) is 0.561. The largest absolute Gasteiger partial charge is 0.313 e. The van der Waals surface area contributed by atoms with Crippen LogP contribution in [0.25, 0.3) is 0 Å². The molecule has 0 aromatic heterocycles. The summed E-state index contributed by atoms with van der Waals surface area (Å²) < 4.78 is 0. The van der Waals surface area contributed by atoms with Crippen LogP contribution >= 0.6 is 0 Å². The van der Waals surface area contributed by atoms with E-state index in [-0.39, 0.29) is 0 Å². The summed E-state index contributed by atoms with van der Waals surface area (Å²) in [6.07, 6.45) is 4.83. The summed E-state index contributed by atoms with van der Waals surface area (Å²) in [5.74, 6) is 0. The zero-order valence-corrected chi connectivity index (χ0v) is 7.84. The fraction of sp³-hybridized carbons (Fsp3) is 0.800. The van der Waals surface area contributed by atoms with Crippen molar-refractivity contribution in [2.45, 2.75) is 31.3 Å². The lowest BCUT2D eigenvalue weighted by atomic mass is 10.1. The molecule has 2 nitrogen and oxygen atoms in total. The number of hydrogen-bond acceptors (Lipinski definition) is 2. The van der Waals surface area contributed by atoms with E-state index in [1.807, 2.05) is 0 Å². The summed E-state index contributed by atoms with van der Waals surface area (Å²) in [4.78, 5) is 2.61. The molecule has 2 aliphatic rings. The van der Waals surface area contributed by atoms with E-state index in [9.17, 15) is 0 Å². The third-order valence-electron chi connectivity index (χ3n) is 3.26. The molecule has 12 heavy (non-hydrogen) atoms. The van der Waals surface area contributed by atoms with Crippen molar-refractivity contribution < 1.29 is 0 Å². The van der Waals surface area contributed by atoms with Gasteiger partial charge in [-0.25, -0.2) is 0 Å². The Morgan fingerprint density at radius 1 is 1.67 bits per heavy atom. The Labute approximate surface area is 74.6 Å². The zero-order valence-electron chi connectivity index (χ0n) is 7.84. The van der Waals surface area contributed by atoms with Crippen LogP contribution in [0.3, 0.4) is 0 Å². The molecule has 1 N–H and O–H groups in total. The van der Waals surface area contributed by atoms with E-state index < -0.39 is 0 Å². The molecule has 1 saturated carbocycles. The lowest BCUT2D eigenvalue weighted by Gasteiger charge is -2.41. The Morgan fingerprint density at radius 3 is 2.92 bits per heavy atom. The molecule has 0 bridgehead atoms. The maximum absolute atomic E-state index is 3.89. The van der Waals surface area contributed by atoms with Crippen LogP contribution in [0.2, 0.25) is 0 Å². The van der Waals surface area contributed by atoms with E-state index in [0.717, 1.165) is 6.54 Å². The zero-order chi connectivity index (χ0) is 8.60. The molecule has 1 saturated heterocycles. The Bertz CT molecular complexity index is 184. The molecular weight excluding hydrogens is 148 g/mol. The molecule has 0 unspecified atom stereocenters. The summed E-state index contributed by atoms with van der Waals surface area (Å²) in [5, 5.41) is 3.49. The molecule has 1 spiro atoms. The predicted octanol–water partition coefficient (Wildman–Crippen LogP) is 0.999. The summed E-state index contributed by atoms with van der Waals surface area (Å²) in [5.41, 5.74) is 0.520. The first-order valence-electron chi connectivity index (χ1n) is 4.92. The number of nitrogens with one attached hydrogen (secondary N) is 1. The van der Waals surface area contributed by atoms with Crippen LogP contribution in [-0.4, -0.2) is 36.1 Å². The second-order valence-corrected chi connectivity index (χ2v) is 3.94. The van der Waals surface area contributed by atoms with Crippen molar-refractivity contribution in [3.63, 3.8) is 0 Å². The van der Waals surface area contributed by atoms with Gasteiger partial charge in [0.05, 0.1) is 0 Å². The van der Waals surface area contributed by atoms with Crippen molar-refractivity contribution in [2.75, 3.05) is 19.6 Å². The fourth-order valence-electron chi connectivity index (χ4n) is 2.41. The number of piperazine rings is 1. The standard InChI is InChI=1S/C10H18N2/c1-3-9-7-11-8-10(5-6-10)12(9)4-2/h3,9,11H,1,4-8H2,2H3/t9-/m0/s1. The number of hydrogen-bond donors (Lipinski definition) is 1. The number of likely N-dealkylation sites (N-methyl/N-ethyl adjacent to an activating group) is 1. The molecule has 2 fully saturated rings. The average Bonchev–Trinajstić information content (AvgIpc) is 2.85. The summed E-state index contributed by atoms with van der Waals surface area (Å²) in [6.45, 7) is 9.58. The minimum absolute atomic E-state index is 0.520. The maximum atomic E-state index is 3.89. The molecule has 1 aliphatic carbocycles. The van der Waals surface area contributed by atoms with Gasteiger partial charge in [-0.05, 0) is 19.4 Å². The lowest BCUT2D eigenvalue weighted by Crippen LogP contribution is -2.58. The van der Waals surface area contributed by atoms with Crippen molar-refractivity contribution in [1.29, 1.82) is 0 Å². The van der Waals surface area contributed by atoms with E-state index in [1.54, 1.807) is 0 Å². The van der Waals surface area contributed by atoms with Crippen LogP contribution in [0.15, 0.2) is 12.7 Å². The van der Waals surface area contributed by atoms with Gasteiger partial charge in [-0.3, -0.25) is 4.90 Å². The third-order valence-corrected chi connectivity index (χ3v) is 3.26. The quantitative estimate of drug-likeness (QED) is 0.616. The SMILES string of the molecule is C=C[C@H]1CNCC2(CC2)N1CC. The van der Waals surface area contributed by atoms with E-state index in [4.69, 9.17) is 0 Å². The van der Waals surface area contributed by atoms with Gasteiger partial charge in [0.15, 0.2) is 0 Å². The molecule has 1 aliphatic heterocycles. The predicted molar refractivity (Wildman–Crippen MR) is 51.2 cm³/mol. The van der Waals surface area contributed by atoms with E-state index in [1.165, 1.54) is 25.9 Å². The van der Waals surface area contributed by atoms with Crippen LogP contribution in [0.1, 0.15) is 19.8 Å². The van der Waals surface area contributed by atoms with Crippen LogP contribution in [0.5, 0.6) is 0 Å². The third kappa shape index (κ3) is 1.10. The van der Waals surface area contributed by atoms with Crippen LogP contribution < -0.4 is 5.32 Å². The van der Waals surface area contributed by atoms with Gasteiger partial charge in [0.1, 0.15) is 0 Å². The molecule has 1 heterocycles. The minimum atomic E-state index is 0.520. The van der Waals surface area contributed by atoms with Crippen molar-refractivity contribution in [3.05, 3.63) is 12.7 Å². The summed E-state index contributed by atoms with van der Waals surface area (Å²) in [7, 11) is 0. The molecule has 0 aromatic carbocycles. The average molecular weight is 166 g/mol. The van der Waals surface area contributed by atoms with Crippen LogP contribution in [0.4, 0.5) is 0 Å². The molecule has 2 rings (SSSR count). The van der Waals surface area contributed by atoms with Gasteiger partial charge in [0.2, 0.25) is 0 Å². The van der Waals surface area contributed by atoms with Crippen LogP contribution in [-0.2, 0) is 0 Å². The Kier molecular flexibility index (Phi) is 1.97. The van der Waals surface area contributed by atoms with Crippen molar-refractivity contribution in [2.24, 2.45) is 0 Å². The van der Waals surface area contributed by atoms with E-state index in [0.29, 0.717) is 11.6 Å². The highest BCUT2D eigenvalue weighted by Gasteiger charge is 2.50. The van der Waals surface area contributed by atoms with Gasteiger partial charge in [0, 0.05) is 24.7 Å². The van der Waals surface area contributed by atoms with Gasteiger partial charge in [-0.1, -0.05) is 13.0 Å². The molecule has 1 atom stereocenters. The van der Waals surface area contributed by atoms with Gasteiger partial charge in [-0.2, -0.15) is 0 Å². The Hall–Kier alpha value is -0.340. The Balaban J connectivity index is 2.11. The van der Waals surface area contributed by atoms with Crippen molar-refractivity contribution in [1.82, 2.24) is 10.2 Å². The van der Waals surface area contributed by atoms with E-state index in [2.05, 4.69) is 29.8 Å². The smallest absolute Gasteiger partial charge is 0.0406 e. The number of rotatable bonds is 2. The highest BCUT2D eigenvalue weighted by molar-refractivity contribution is 5.12. The normalized spacial score (nSPS) is 33.6. The van der Waals surface area contributed by atoms with Gasteiger partial charge >= 0.3 is 0 Å². The molecule has 68 valence electrons. The van der Waals surface area contributed by atoms with Crippen LogP contribution in [0, 0.1) is 0 Å². The highest BCUT2D eigenvalue weighted by Crippen LogP contribution is 2.43.